The van der Waals surface area contributed by atoms with Gasteiger partial charge in [-0.05, 0) is 42.8 Å². The number of aliphatic hydroxyl groups is 1. The van der Waals surface area contributed by atoms with Gasteiger partial charge >= 0.3 is 0 Å². The number of rotatable bonds is 5. The van der Waals surface area contributed by atoms with E-state index >= 15 is 0 Å². The summed E-state index contributed by atoms with van der Waals surface area (Å²) in [5.41, 5.74) is 0.330. The molecule has 1 unspecified atom stereocenters. The number of halogens is 3. The molecule has 0 bridgehead atoms. The van der Waals surface area contributed by atoms with E-state index in [1.165, 1.54) is 18.2 Å². The number of aliphatic hydroxyl groups excluding tert-OH is 1. The fourth-order valence-corrected chi connectivity index (χ4v) is 3.98. The maximum atomic E-state index is 14.0. The van der Waals surface area contributed by atoms with Gasteiger partial charge in [-0.1, -0.05) is 41.9 Å². The summed E-state index contributed by atoms with van der Waals surface area (Å²) >= 11 is 6.29. The molecule has 0 saturated carbocycles. The number of anilines is 1. The quantitative estimate of drug-likeness (QED) is 0.298. The van der Waals surface area contributed by atoms with Crippen molar-refractivity contribution in [2.75, 3.05) is 11.5 Å². The summed E-state index contributed by atoms with van der Waals surface area (Å²) in [5, 5.41) is 11.3. The largest absolute Gasteiger partial charge is 0.507 e. The predicted octanol–water partition coefficient (Wildman–Crippen LogP) is 5.64. The third-order valence-electron chi connectivity index (χ3n) is 5.25. The Morgan fingerprint density at radius 3 is 2.42 bits per heavy atom. The van der Waals surface area contributed by atoms with Gasteiger partial charge in [0.25, 0.3) is 11.7 Å². The van der Waals surface area contributed by atoms with E-state index in [0.717, 1.165) is 17.0 Å². The van der Waals surface area contributed by atoms with Gasteiger partial charge in [-0.25, -0.2) is 8.78 Å². The molecule has 3 aromatic carbocycles. The molecule has 1 aliphatic heterocycles. The lowest BCUT2D eigenvalue weighted by atomic mass is 9.95. The van der Waals surface area contributed by atoms with E-state index in [1.807, 2.05) is 0 Å². The minimum absolute atomic E-state index is 0.0296. The van der Waals surface area contributed by atoms with Crippen LogP contribution in [0.4, 0.5) is 14.5 Å². The van der Waals surface area contributed by atoms with Gasteiger partial charge in [-0.15, -0.1) is 0 Å². The van der Waals surface area contributed by atoms with Gasteiger partial charge in [-0.2, -0.15) is 0 Å². The summed E-state index contributed by atoms with van der Waals surface area (Å²) in [6.07, 6.45) is 0. The van der Waals surface area contributed by atoms with Crippen molar-refractivity contribution in [2.45, 2.75) is 13.0 Å². The molecule has 0 spiro atoms. The molecule has 1 amide bonds. The second kappa shape index (κ2) is 9.03. The van der Waals surface area contributed by atoms with Crippen molar-refractivity contribution in [3.05, 3.63) is 100 Å². The fraction of sp³-hybridized carbons (Fsp3) is 0.120. The first-order valence-electron chi connectivity index (χ1n) is 10.1. The molecule has 0 aliphatic carbocycles. The van der Waals surface area contributed by atoms with E-state index in [0.29, 0.717) is 17.9 Å². The van der Waals surface area contributed by atoms with Crippen molar-refractivity contribution < 1.29 is 28.2 Å². The summed E-state index contributed by atoms with van der Waals surface area (Å²) in [7, 11) is 0. The Morgan fingerprint density at radius 1 is 1.03 bits per heavy atom. The lowest BCUT2D eigenvalue weighted by Gasteiger charge is -2.25. The van der Waals surface area contributed by atoms with Gasteiger partial charge in [0, 0.05) is 17.3 Å². The molecule has 4 rings (SSSR count). The molecule has 168 valence electrons. The standard InChI is InChI=1S/C25H18ClF2NO4/c1-2-33-16-9-10-18(26)17(13-16)23(30)21-22(14-6-4-3-5-7-14)29(25(32)24(21)31)15-8-11-19(27)20(28)12-15/h3-13,22,30H,2H2,1H3/b23-21+. The van der Waals surface area contributed by atoms with E-state index in [4.69, 9.17) is 16.3 Å². The number of ether oxygens (including phenoxy) is 1. The molecule has 1 heterocycles. The van der Waals surface area contributed by atoms with Crippen LogP contribution in [0.3, 0.4) is 0 Å². The zero-order chi connectivity index (χ0) is 23.7. The van der Waals surface area contributed by atoms with Crippen molar-refractivity contribution in [1.82, 2.24) is 0 Å². The van der Waals surface area contributed by atoms with E-state index in [2.05, 4.69) is 0 Å². The van der Waals surface area contributed by atoms with Crippen LogP contribution in [-0.2, 0) is 9.59 Å². The Balaban J connectivity index is 1.95. The van der Waals surface area contributed by atoms with Crippen molar-refractivity contribution in [2.24, 2.45) is 0 Å². The summed E-state index contributed by atoms with van der Waals surface area (Å²) < 4.78 is 33.0. The summed E-state index contributed by atoms with van der Waals surface area (Å²) in [4.78, 5) is 27.2. The molecular weight excluding hydrogens is 452 g/mol. The molecule has 1 saturated heterocycles. The second-order valence-electron chi connectivity index (χ2n) is 7.25. The van der Waals surface area contributed by atoms with E-state index in [-0.39, 0.29) is 21.8 Å². The zero-order valence-electron chi connectivity index (χ0n) is 17.4. The molecule has 1 N–H and O–H groups in total. The number of benzene rings is 3. The molecular formula is C25H18ClF2NO4. The van der Waals surface area contributed by atoms with Gasteiger partial charge in [0.2, 0.25) is 0 Å². The van der Waals surface area contributed by atoms with Crippen LogP contribution >= 0.6 is 11.6 Å². The molecule has 1 fully saturated rings. The highest BCUT2D eigenvalue weighted by Gasteiger charge is 2.47. The summed E-state index contributed by atoms with van der Waals surface area (Å²) in [5.74, 6) is -4.33. The second-order valence-corrected chi connectivity index (χ2v) is 7.66. The number of hydrogen-bond donors (Lipinski definition) is 1. The van der Waals surface area contributed by atoms with Crippen molar-refractivity contribution >= 4 is 34.7 Å². The number of Topliss-reactive ketones (excluding diaryl/α,β-unsaturated/α-hetero) is 1. The highest BCUT2D eigenvalue weighted by molar-refractivity contribution is 6.52. The maximum absolute atomic E-state index is 14.0. The normalized spacial score (nSPS) is 17.5. The third-order valence-corrected chi connectivity index (χ3v) is 5.57. The number of ketones is 1. The average molecular weight is 470 g/mol. The van der Waals surface area contributed by atoms with Gasteiger partial charge in [0.05, 0.1) is 23.2 Å². The number of nitrogens with zero attached hydrogens (tertiary/aromatic N) is 1. The van der Waals surface area contributed by atoms with Crippen LogP contribution in [0.15, 0.2) is 72.3 Å². The van der Waals surface area contributed by atoms with Gasteiger partial charge in [0.15, 0.2) is 11.6 Å². The topological polar surface area (TPSA) is 66.8 Å². The molecule has 1 aliphatic rings. The highest BCUT2D eigenvalue weighted by Crippen LogP contribution is 2.43. The SMILES string of the molecule is CCOc1ccc(Cl)c(/C(O)=C2\C(=O)C(=O)N(c3ccc(F)c(F)c3)C2c2ccccc2)c1. The van der Waals surface area contributed by atoms with E-state index in [9.17, 15) is 23.5 Å². The molecule has 0 aromatic heterocycles. The number of carbonyl (C=O) groups is 2. The first-order chi connectivity index (χ1) is 15.8. The van der Waals surface area contributed by atoms with Crippen LogP contribution in [0.5, 0.6) is 5.75 Å². The van der Waals surface area contributed by atoms with E-state index in [1.54, 1.807) is 43.3 Å². The Labute approximate surface area is 193 Å². The Kier molecular flexibility index (Phi) is 6.16. The molecule has 8 heteroatoms. The zero-order valence-corrected chi connectivity index (χ0v) is 18.1. The van der Waals surface area contributed by atoms with Crippen molar-refractivity contribution in [1.29, 1.82) is 0 Å². The lowest BCUT2D eigenvalue weighted by Crippen LogP contribution is -2.29. The van der Waals surface area contributed by atoms with Crippen molar-refractivity contribution in [3.63, 3.8) is 0 Å². The summed E-state index contributed by atoms with van der Waals surface area (Å²) in [6.45, 7) is 2.16. The number of hydrogen-bond acceptors (Lipinski definition) is 4. The minimum Gasteiger partial charge on any atom is -0.507 e. The molecule has 3 aromatic rings. The van der Waals surface area contributed by atoms with Gasteiger partial charge in [0.1, 0.15) is 11.5 Å². The monoisotopic (exact) mass is 469 g/mol. The first kappa shape index (κ1) is 22.5. The van der Waals surface area contributed by atoms with Crippen LogP contribution in [-0.4, -0.2) is 23.4 Å². The molecule has 33 heavy (non-hydrogen) atoms. The minimum atomic E-state index is -1.17. The van der Waals surface area contributed by atoms with Crippen LogP contribution in [0, 0.1) is 11.6 Å². The van der Waals surface area contributed by atoms with Crippen molar-refractivity contribution in [3.8, 4) is 5.75 Å². The molecule has 1 atom stereocenters. The summed E-state index contributed by atoms with van der Waals surface area (Å²) in [6, 6.07) is 14.8. The maximum Gasteiger partial charge on any atom is 0.300 e. The Morgan fingerprint density at radius 2 is 1.76 bits per heavy atom. The first-order valence-corrected chi connectivity index (χ1v) is 10.4. The highest BCUT2D eigenvalue weighted by atomic mass is 35.5. The van der Waals surface area contributed by atoms with Crippen LogP contribution in [0.2, 0.25) is 5.02 Å². The average Bonchev–Trinajstić information content (AvgIpc) is 3.08. The van der Waals surface area contributed by atoms with E-state index < -0.39 is 35.1 Å². The molecule has 0 radical (unpaired) electrons. The Bertz CT molecular complexity index is 1280. The smallest absolute Gasteiger partial charge is 0.300 e. The van der Waals surface area contributed by atoms with Gasteiger partial charge in [-0.3, -0.25) is 14.5 Å². The van der Waals surface area contributed by atoms with Gasteiger partial charge < -0.3 is 9.84 Å². The predicted molar refractivity (Wildman–Crippen MR) is 120 cm³/mol. The Hall–Kier alpha value is -3.71. The van der Waals surface area contributed by atoms with Crippen LogP contribution in [0.1, 0.15) is 24.1 Å². The molecule has 5 nitrogen and oxygen atoms in total. The number of amides is 1. The third kappa shape index (κ3) is 4.07. The fourth-order valence-electron chi connectivity index (χ4n) is 3.77. The lowest BCUT2D eigenvalue weighted by molar-refractivity contribution is -0.132. The van der Waals surface area contributed by atoms with Crippen LogP contribution < -0.4 is 9.64 Å². The van der Waals surface area contributed by atoms with Crippen LogP contribution in [0.25, 0.3) is 5.76 Å². The number of carbonyl (C=O) groups excluding carboxylic acids is 2.